The largest absolute Gasteiger partial charge is 0.353 e. The standard InChI is InChI=1S/C28H26N4O2S2/c1-16-9-7-12-20(17(16)2)31-22(33)15-36-27-25-24(21-13-8-14-32(21)28(25)35)23(18(3)29-27)26(34)30-19-10-5-4-6-11-19/h4-14,24,29H,15H2,1-3H3,(H,30,34)(H,31,33). The van der Waals surface area contributed by atoms with Gasteiger partial charge < -0.3 is 20.5 Å². The molecule has 2 amide bonds. The van der Waals surface area contributed by atoms with E-state index in [1.54, 1.807) is 0 Å². The van der Waals surface area contributed by atoms with Gasteiger partial charge in [0, 0.05) is 40.1 Å². The first-order chi connectivity index (χ1) is 17.3. The van der Waals surface area contributed by atoms with Crippen LogP contribution in [-0.4, -0.2) is 27.1 Å². The number of aryl methyl sites for hydroxylation is 1. The number of thioether (sulfide) groups is 1. The highest BCUT2D eigenvalue weighted by molar-refractivity contribution is 8.03. The minimum absolute atomic E-state index is 0.0991. The van der Waals surface area contributed by atoms with Crippen molar-refractivity contribution in [1.82, 2.24) is 9.88 Å². The van der Waals surface area contributed by atoms with Crippen LogP contribution in [0.4, 0.5) is 11.4 Å². The van der Waals surface area contributed by atoms with Crippen LogP contribution < -0.4 is 16.0 Å². The molecule has 0 saturated heterocycles. The zero-order valence-electron chi connectivity index (χ0n) is 20.2. The highest BCUT2D eigenvalue weighted by Gasteiger charge is 2.42. The van der Waals surface area contributed by atoms with Crippen LogP contribution in [0, 0.1) is 13.8 Å². The molecule has 1 unspecified atom stereocenters. The van der Waals surface area contributed by atoms with E-state index >= 15 is 0 Å². The predicted octanol–water partition coefficient (Wildman–Crippen LogP) is 5.48. The Morgan fingerprint density at radius 1 is 1.00 bits per heavy atom. The summed E-state index contributed by atoms with van der Waals surface area (Å²) >= 11 is 7.22. The van der Waals surface area contributed by atoms with Crippen molar-refractivity contribution in [2.75, 3.05) is 16.4 Å². The van der Waals surface area contributed by atoms with Gasteiger partial charge in [-0.3, -0.25) is 9.59 Å². The summed E-state index contributed by atoms with van der Waals surface area (Å²) in [6.45, 7) is 5.91. The minimum atomic E-state index is -0.304. The molecule has 0 radical (unpaired) electrons. The molecule has 0 saturated carbocycles. The number of fused-ring (bicyclic) bond motifs is 3. The highest BCUT2D eigenvalue weighted by Crippen LogP contribution is 2.46. The van der Waals surface area contributed by atoms with E-state index in [1.807, 2.05) is 92.2 Å². The summed E-state index contributed by atoms with van der Waals surface area (Å²) in [6, 6.07) is 19.2. The number of allylic oxidation sites excluding steroid dienone is 2. The maximum atomic E-state index is 13.4. The van der Waals surface area contributed by atoms with E-state index in [2.05, 4.69) is 16.0 Å². The van der Waals surface area contributed by atoms with E-state index in [1.165, 1.54) is 11.8 Å². The number of para-hydroxylation sites is 1. The molecule has 0 fully saturated rings. The summed E-state index contributed by atoms with van der Waals surface area (Å²) in [5, 5.41) is 10.2. The van der Waals surface area contributed by atoms with Crippen LogP contribution in [0.25, 0.3) is 0 Å². The maximum absolute atomic E-state index is 13.4. The lowest BCUT2D eigenvalue weighted by Crippen LogP contribution is -2.31. The second kappa shape index (κ2) is 9.79. The summed E-state index contributed by atoms with van der Waals surface area (Å²) in [6.07, 6.45) is 1.92. The fourth-order valence-corrected chi connectivity index (χ4v) is 6.00. The molecule has 6 nitrogen and oxygen atoms in total. The molecule has 0 spiro atoms. The normalized spacial score (nSPS) is 16.4. The number of amides is 2. The molecule has 182 valence electrons. The molecule has 1 atom stereocenters. The lowest BCUT2D eigenvalue weighted by atomic mass is 9.86. The van der Waals surface area contributed by atoms with E-state index in [0.29, 0.717) is 10.6 Å². The van der Waals surface area contributed by atoms with Gasteiger partial charge in [-0.25, -0.2) is 0 Å². The summed E-state index contributed by atoms with van der Waals surface area (Å²) < 4.78 is 1.95. The number of aromatic nitrogens is 1. The van der Waals surface area contributed by atoms with Crippen LogP contribution in [-0.2, 0) is 9.59 Å². The lowest BCUT2D eigenvalue weighted by molar-refractivity contribution is -0.114. The smallest absolute Gasteiger partial charge is 0.254 e. The van der Waals surface area contributed by atoms with Crippen molar-refractivity contribution in [3.05, 3.63) is 106 Å². The second-order valence-electron chi connectivity index (χ2n) is 8.85. The van der Waals surface area contributed by atoms with Gasteiger partial charge in [0.2, 0.25) is 5.91 Å². The quantitative estimate of drug-likeness (QED) is 0.380. The Kier molecular flexibility index (Phi) is 6.55. The van der Waals surface area contributed by atoms with E-state index in [9.17, 15) is 9.59 Å². The van der Waals surface area contributed by atoms with Crippen LogP contribution in [0.5, 0.6) is 0 Å². The van der Waals surface area contributed by atoms with Gasteiger partial charge in [-0.1, -0.05) is 54.3 Å². The van der Waals surface area contributed by atoms with Crippen LogP contribution in [0.15, 0.2) is 88.7 Å². The van der Waals surface area contributed by atoms with Crippen LogP contribution in [0.2, 0.25) is 0 Å². The predicted molar refractivity (Wildman–Crippen MR) is 150 cm³/mol. The molecule has 8 heteroatoms. The molecule has 0 bridgehead atoms. The average Bonchev–Trinajstić information content (AvgIpc) is 3.44. The van der Waals surface area contributed by atoms with E-state index in [0.717, 1.165) is 44.5 Å². The molecule has 36 heavy (non-hydrogen) atoms. The number of hydrogen-bond acceptors (Lipinski definition) is 5. The molecule has 2 aliphatic rings. The number of anilines is 2. The molecule has 3 aromatic rings. The van der Waals surface area contributed by atoms with Gasteiger partial charge >= 0.3 is 0 Å². The van der Waals surface area contributed by atoms with Crippen LogP contribution in [0.3, 0.4) is 0 Å². The van der Waals surface area contributed by atoms with E-state index in [-0.39, 0.29) is 23.5 Å². The van der Waals surface area contributed by atoms with Crippen molar-refractivity contribution in [2.45, 2.75) is 26.7 Å². The molecule has 0 aliphatic carbocycles. The average molecular weight is 515 g/mol. The molecular formula is C28H26N4O2S2. The van der Waals surface area contributed by atoms with Gasteiger partial charge in [0.1, 0.15) is 4.99 Å². The SMILES string of the molecule is CC1=C(C(=O)Nc2ccccc2)C2C(=C(SCC(=O)Nc3cccc(C)c3C)N1)C(=S)n1cccc12. The summed E-state index contributed by atoms with van der Waals surface area (Å²) in [5.74, 6) is -0.370. The van der Waals surface area contributed by atoms with Crippen molar-refractivity contribution in [3.8, 4) is 0 Å². The number of nitrogens with one attached hydrogen (secondary N) is 3. The van der Waals surface area contributed by atoms with Gasteiger partial charge in [0.15, 0.2) is 0 Å². The van der Waals surface area contributed by atoms with E-state index < -0.39 is 0 Å². The fraction of sp³-hybridized carbons (Fsp3) is 0.179. The van der Waals surface area contributed by atoms with Crippen molar-refractivity contribution in [1.29, 1.82) is 0 Å². The first-order valence-electron chi connectivity index (χ1n) is 11.6. The summed E-state index contributed by atoms with van der Waals surface area (Å²) in [4.78, 5) is 26.9. The molecule has 2 aromatic carbocycles. The Morgan fingerprint density at radius 2 is 1.78 bits per heavy atom. The van der Waals surface area contributed by atoms with Crippen molar-refractivity contribution < 1.29 is 9.59 Å². The van der Waals surface area contributed by atoms with Crippen molar-refractivity contribution in [2.24, 2.45) is 0 Å². The summed E-state index contributed by atoms with van der Waals surface area (Å²) in [7, 11) is 0. The Balaban J connectivity index is 1.40. The molecule has 5 rings (SSSR count). The van der Waals surface area contributed by atoms with Gasteiger partial charge in [-0.15, -0.1) is 0 Å². The zero-order valence-corrected chi connectivity index (χ0v) is 21.8. The second-order valence-corrected chi connectivity index (χ2v) is 10.2. The Morgan fingerprint density at radius 3 is 2.56 bits per heavy atom. The van der Waals surface area contributed by atoms with Gasteiger partial charge in [0.05, 0.1) is 16.7 Å². The third kappa shape index (κ3) is 4.38. The van der Waals surface area contributed by atoms with Crippen LogP contribution >= 0.6 is 24.0 Å². The Labute approximate surface area is 219 Å². The first-order valence-corrected chi connectivity index (χ1v) is 13.0. The maximum Gasteiger partial charge on any atom is 0.254 e. The van der Waals surface area contributed by atoms with Gasteiger partial charge in [-0.05, 0) is 62.2 Å². The molecule has 2 aliphatic heterocycles. The zero-order chi connectivity index (χ0) is 25.4. The summed E-state index contributed by atoms with van der Waals surface area (Å²) in [5.41, 5.74) is 6.90. The van der Waals surface area contributed by atoms with Crippen LogP contribution in [0.1, 0.15) is 29.7 Å². The number of nitrogens with zero attached hydrogens (tertiary/aromatic N) is 1. The number of hydrogen-bond donors (Lipinski definition) is 3. The number of benzene rings is 2. The Hall–Kier alpha value is -3.62. The first kappa shape index (κ1) is 24.1. The monoisotopic (exact) mass is 514 g/mol. The third-order valence-corrected chi connectivity index (χ3v) is 7.99. The number of thiocarbonyl (C=S) groups is 1. The molecule has 1 aromatic heterocycles. The number of dihydropyridines is 1. The lowest BCUT2D eigenvalue weighted by Gasteiger charge is -2.28. The third-order valence-electron chi connectivity index (χ3n) is 6.55. The van der Waals surface area contributed by atoms with Gasteiger partial charge in [0.25, 0.3) is 5.91 Å². The number of carbonyl (C=O) groups excluding carboxylic acids is 2. The van der Waals surface area contributed by atoms with E-state index in [4.69, 9.17) is 12.2 Å². The number of carbonyl (C=O) groups is 2. The Bertz CT molecular complexity index is 1450. The molecular weight excluding hydrogens is 488 g/mol. The number of rotatable bonds is 6. The fourth-order valence-electron chi connectivity index (χ4n) is 4.60. The van der Waals surface area contributed by atoms with Gasteiger partial charge in [-0.2, -0.15) is 0 Å². The molecule has 3 N–H and O–H groups in total. The minimum Gasteiger partial charge on any atom is -0.353 e. The highest BCUT2D eigenvalue weighted by atomic mass is 32.2. The molecule has 3 heterocycles. The van der Waals surface area contributed by atoms with Crippen molar-refractivity contribution >= 4 is 52.2 Å². The van der Waals surface area contributed by atoms with Crippen molar-refractivity contribution in [3.63, 3.8) is 0 Å². The topological polar surface area (TPSA) is 75.2 Å².